The van der Waals surface area contributed by atoms with E-state index < -0.39 is 0 Å². The molecule has 0 atom stereocenters. The molecule has 20 heavy (non-hydrogen) atoms. The minimum Gasteiger partial charge on any atom is -0.455 e. The van der Waals surface area contributed by atoms with E-state index in [1.807, 2.05) is 19.1 Å². The van der Waals surface area contributed by atoms with Crippen LogP contribution in [0.15, 0.2) is 36.5 Å². The van der Waals surface area contributed by atoms with Crippen molar-refractivity contribution in [2.75, 3.05) is 0 Å². The largest absolute Gasteiger partial charge is 0.455 e. The minimum atomic E-state index is 0.191. The van der Waals surface area contributed by atoms with Gasteiger partial charge >= 0.3 is 0 Å². The average molecular weight is 290 g/mol. The molecule has 0 unspecified atom stereocenters. The molecule has 2 rings (SSSR count). The lowest BCUT2D eigenvalue weighted by Gasteiger charge is -2.23. The van der Waals surface area contributed by atoms with Crippen LogP contribution in [-0.4, -0.2) is 4.98 Å². The highest BCUT2D eigenvalue weighted by atomic mass is 35.5. The first-order valence-corrected chi connectivity index (χ1v) is 7.21. The SMILES string of the molecule is CCC(C)(C)c1ccc(Oc2cnc(Cl)cc2C)cc1. The number of aromatic nitrogens is 1. The second-order valence-corrected chi connectivity index (χ2v) is 6.02. The predicted molar refractivity (Wildman–Crippen MR) is 83.8 cm³/mol. The standard InChI is InChI=1S/C17H20ClNO/c1-5-17(3,4)13-6-8-14(9-7-13)20-15-11-19-16(18)10-12(15)2/h6-11H,5H2,1-4H3. The zero-order valence-corrected chi connectivity index (χ0v) is 13.2. The molecule has 0 N–H and O–H groups in total. The van der Waals surface area contributed by atoms with Crippen LogP contribution in [0.2, 0.25) is 5.15 Å². The number of ether oxygens (including phenoxy) is 1. The van der Waals surface area contributed by atoms with Gasteiger partial charge in [0.2, 0.25) is 0 Å². The Morgan fingerprint density at radius 1 is 1.20 bits per heavy atom. The summed E-state index contributed by atoms with van der Waals surface area (Å²) in [5.74, 6) is 1.55. The second-order valence-electron chi connectivity index (χ2n) is 5.64. The molecule has 2 aromatic rings. The van der Waals surface area contributed by atoms with Crippen LogP contribution in [0.4, 0.5) is 0 Å². The van der Waals surface area contributed by atoms with Gasteiger partial charge in [0.25, 0.3) is 0 Å². The van der Waals surface area contributed by atoms with Crippen molar-refractivity contribution in [1.29, 1.82) is 0 Å². The van der Waals surface area contributed by atoms with Gasteiger partial charge < -0.3 is 4.74 Å². The molecule has 1 aromatic carbocycles. The lowest BCUT2D eigenvalue weighted by Crippen LogP contribution is -2.14. The van der Waals surface area contributed by atoms with Crippen LogP contribution in [0.5, 0.6) is 11.5 Å². The van der Waals surface area contributed by atoms with E-state index in [0.29, 0.717) is 5.15 Å². The van der Waals surface area contributed by atoms with E-state index in [2.05, 4.69) is 37.9 Å². The van der Waals surface area contributed by atoms with E-state index in [1.165, 1.54) is 5.56 Å². The minimum absolute atomic E-state index is 0.191. The first-order chi connectivity index (χ1) is 9.42. The lowest BCUT2D eigenvalue weighted by atomic mass is 9.82. The summed E-state index contributed by atoms with van der Waals surface area (Å²) in [7, 11) is 0. The van der Waals surface area contributed by atoms with Gasteiger partial charge in [0.15, 0.2) is 0 Å². The van der Waals surface area contributed by atoms with Crippen LogP contribution in [0.1, 0.15) is 38.3 Å². The predicted octanol–water partition coefficient (Wildman–Crippen LogP) is 5.52. The van der Waals surface area contributed by atoms with Crippen LogP contribution in [0.3, 0.4) is 0 Å². The fourth-order valence-corrected chi connectivity index (χ4v) is 2.13. The summed E-state index contributed by atoms with van der Waals surface area (Å²) in [6.07, 6.45) is 2.76. The molecule has 106 valence electrons. The zero-order chi connectivity index (χ0) is 14.8. The van der Waals surface area contributed by atoms with Gasteiger partial charge in [-0.2, -0.15) is 0 Å². The summed E-state index contributed by atoms with van der Waals surface area (Å²) in [4.78, 5) is 4.05. The lowest BCUT2D eigenvalue weighted by molar-refractivity contribution is 0.473. The summed E-state index contributed by atoms with van der Waals surface area (Å²) in [6.45, 7) is 8.65. The average Bonchev–Trinajstić information content (AvgIpc) is 2.42. The highest BCUT2D eigenvalue weighted by molar-refractivity contribution is 6.29. The summed E-state index contributed by atoms with van der Waals surface area (Å²) in [5.41, 5.74) is 2.48. The topological polar surface area (TPSA) is 22.1 Å². The molecule has 1 aromatic heterocycles. The van der Waals surface area contributed by atoms with E-state index in [1.54, 1.807) is 12.3 Å². The third-order valence-corrected chi connectivity index (χ3v) is 3.98. The Hall–Kier alpha value is -1.54. The van der Waals surface area contributed by atoms with E-state index in [0.717, 1.165) is 23.5 Å². The number of hydrogen-bond acceptors (Lipinski definition) is 2. The van der Waals surface area contributed by atoms with Crippen LogP contribution in [-0.2, 0) is 5.41 Å². The van der Waals surface area contributed by atoms with Gasteiger partial charge in [-0.15, -0.1) is 0 Å². The summed E-state index contributed by atoms with van der Waals surface area (Å²) in [6, 6.07) is 10.0. The number of benzene rings is 1. The van der Waals surface area contributed by atoms with Crippen LogP contribution < -0.4 is 4.74 Å². The molecule has 0 aliphatic carbocycles. The van der Waals surface area contributed by atoms with Gasteiger partial charge in [-0.05, 0) is 48.1 Å². The number of aryl methyl sites for hydroxylation is 1. The van der Waals surface area contributed by atoms with Gasteiger partial charge in [-0.25, -0.2) is 4.98 Å². The zero-order valence-electron chi connectivity index (χ0n) is 12.4. The Morgan fingerprint density at radius 3 is 2.40 bits per heavy atom. The molecular weight excluding hydrogens is 270 g/mol. The Kier molecular flexibility index (Phi) is 4.34. The van der Waals surface area contributed by atoms with Crippen molar-refractivity contribution in [2.24, 2.45) is 0 Å². The fraction of sp³-hybridized carbons (Fsp3) is 0.353. The monoisotopic (exact) mass is 289 g/mol. The molecule has 0 amide bonds. The molecule has 0 fully saturated rings. The summed E-state index contributed by atoms with van der Waals surface area (Å²) >= 11 is 5.84. The van der Waals surface area contributed by atoms with E-state index in [-0.39, 0.29) is 5.41 Å². The maximum atomic E-state index is 5.84. The molecule has 0 radical (unpaired) electrons. The molecule has 0 saturated heterocycles. The number of rotatable bonds is 4. The Morgan fingerprint density at radius 2 is 1.85 bits per heavy atom. The highest BCUT2D eigenvalue weighted by Gasteiger charge is 2.17. The first-order valence-electron chi connectivity index (χ1n) is 6.83. The van der Waals surface area contributed by atoms with Crippen molar-refractivity contribution in [1.82, 2.24) is 4.98 Å². The molecule has 2 nitrogen and oxygen atoms in total. The van der Waals surface area contributed by atoms with Gasteiger partial charge in [0, 0.05) is 0 Å². The summed E-state index contributed by atoms with van der Waals surface area (Å²) < 4.78 is 5.84. The Bertz CT molecular complexity index is 590. The molecule has 0 aliphatic rings. The molecule has 0 aliphatic heterocycles. The quantitative estimate of drug-likeness (QED) is 0.691. The van der Waals surface area contributed by atoms with E-state index >= 15 is 0 Å². The van der Waals surface area contributed by atoms with Gasteiger partial charge in [0.05, 0.1) is 6.20 Å². The van der Waals surface area contributed by atoms with Crippen LogP contribution in [0, 0.1) is 6.92 Å². The van der Waals surface area contributed by atoms with Crippen molar-refractivity contribution < 1.29 is 4.74 Å². The maximum absolute atomic E-state index is 5.84. The van der Waals surface area contributed by atoms with Crippen molar-refractivity contribution in [3.8, 4) is 11.5 Å². The number of pyridine rings is 1. The van der Waals surface area contributed by atoms with Crippen molar-refractivity contribution >= 4 is 11.6 Å². The maximum Gasteiger partial charge on any atom is 0.148 e. The molecule has 3 heteroatoms. The molecule has 0 bridgehead atoms. The van der Waals surface area contributed by atoms with Crippen molar-refractivity contribution in [3.05, 3.63) is 52.8 Å². The number of halogens is 1. The third-order valence-electron chi connectivity index (χ3n) is 3.78. The number of nitrogens with zero attached hydrogens (tertiary/aromatic N) is 1. The van der Waals surface area contributed by atoms with E-state index in [4.69, 9.17) is 16.3 Å². The normalized spacial score (nSPS) is 11.4. The summed E-state index contributed by atoms with van der Waals surface area (Å²) in [5, 5.41) is 0.481. The first kappa shape index (κ1) is 14.9. The van der Waals surface area contributed by atoms with Crippen molar-refractivity contribution in [3.63, 3.8) is 0 Å². The van der Waals surface area contributed by atoms with Crippen LogP contribution >= 0.6 is 11.6 Å². The van der Waals surface area contributed by atoms with Crippen LogP contribution in [0.25, 0.3) is 0 Å². The van der Waals surface area contributed by atoms with Gasteiger partial charge in [-0.3, -0.25) is 0 Å². The molecule has 0 saturated carbocycles. The molecule has 1 heterocycles. The third kappa shape index (κ3) is 3.31. The Balaban J connectivity index is 2.19. The number of hydrogen-bond donors (Lipinski definition) is 0. The van der Waals surface area contributed by atoms with E-state index in [9.17, 15) is 0 Å². The smallest absolute Gasteiger partial charge is 0.148 e. The Labute approximate surface area is 125 Å². The molecule has 0 spiro atoms. The second kappa shape index (κ2) is 5.84. The fourth-order valence-electron chi connectivity index (χ4n) is 1.92. The van der Waals surface area contributed by atoms with Gasteiger partial charge in [0.1, 0.15) is 16.7 Å². The highest BCUT2D eigenvalue weighted by Crippen LogP contribution is 2.30. The molecular formula is C17H20ClNO. The van der Waals surface area contributed by atoms with Crippen molar-refractivity contribution in [2.45, 2.75) is 39.5 Å². The van der Waals surface area contributed by atoms with Gasteiger partial charge in [-0.1, -0.05) is 44.5 Å².